The van der Waals surface area contributed by atoms with Gasteiger partial charge in [-0.1, -0.05) is 36.4 Å². The molecule has 0 aliphatic rings. The fourth-order valence-corrected chi connectivity index (χ4v) is 3.21. The smallest absolute Gasteiger partial charge is 0.337 e. The van der Waals surface area contributed by atoms with Gasteiger partial charge in [-0.05, 0) is 39.8 Å². The summed E-state index contributed by atoms with van der Waals surface area (Å²) < 4.78 is 20.6. The molecule has 5 heteroatoms. The van der Waals surface area contributed by atoms with Crippen LogP contribution in [0.25, 0.3) is 22.0 Å². The third-order valence-electron chi connectivity index (χ3n) is 4.22. The van der Waals surface area contributed by atoms with Crippen LogP contribution in [0.2, 0.25) is 0 Å². The minimum atomic E-state index is -1.27. The van der Waals surface area contributed by atoms with E-state index in [1.54, 1.807) is 45.9 Å². The number of halogens is 1. The van der Waals surface area contributed by atoms with Crippen molar-refractivity contribution in [1.82, 2.24) is 4.98 Å². The van der Waals surface area contributed by atoms with E-state index in [1.165, 1.54) is 6.07 Å². The monoisotopic (exact) mass is 367 g/mol. The van der Waals surface area contributed by atoms with Crippen molar-refractivity contribution in [3.05, 3.63) is 65.6 Å². The van der Waals surface area contributed by atoms with E-state index in [0.29, 0.717) is 33.3 Å². The van der Waals surface area contributed by atoms with Gasteiger partial charge in [-0.25, -0.2) is 9.18 Å². The molecule has 140 valence electrons. The van der Waals surface area contributed by atoms with Crippen LogP contribution in [-0.4, -0.2) is 21.7 Å². The van der Waals surface area contributed by atoms with Gasteiger partial charge >= 0.3 is 5.97 Å². The molecule has 3 rings (SSSR count). The van der Waals surface area contributed by atoms with E-state index in [0.717, 1.165) is 0 Å². The molecule has 1 atom stereocenters. The third-order valence-corrected chi connectivity index (χ3v) is 4.22. The average molecular weight is 367 g/mol. The quantitative estimate of drug-likeness (QED) is 0.681. The molecule has 2 aromatic carbocycles. The summed E-state index contributed by atoms with van der Waals surface area (Å²) in [6.07, 6.45) is -1.27. The van der Waals surface area contributed by atoms with Crippen molar-refractivity contribution in [2.75, 3.05) is 0 Å². The zero-order valence-electron chi connectivity index (χ0n) is 15.8. The maximum atomic E-state index is 14.7. The number of carbonyl (C=O) groups is 1. The van der Waals surface area contributed by atoms with E-state index >= 15 is 0 Å². The number of para-hydroxylation sites is 1. The van der Waals surface area contributed by atoms with Crippen LogP contribution in [-0.2, 0) is 9.53 Å². The summed E-state index contributed by atoms with van der Waals surface area (Å²) in [7, 11) is 0. The molecule has 0 aliphatic carbocycles. The van der Waals surface area contributed by atoms with Crippen molar-refractivity contribution in [2.45, 2.75) is 39.4 Å². The highest BCUT2D eigenvalue weighted by atomic mass is 19.1. The molecule has 0 saturated carbocycles. The van der Waals surface area contributed by atoms with Gasteiger partial charge < -0.3 is 9.84 Å². The Morgan fingerprint density at radius 1 is 1.11 bits per heavy atom. The number of ether oxygens (including phenoxy) is 1. The highest BCUT2D eigenvalue weighted by Gasteiger charge is 2.32. The van der Waals surface area contributed by atoms with Crippen LogP contribution in [0.1, 0.15) is 38.1 Å². The standard InChI is InChI=1S/C22H22FNO3/c1-13-18(20(21(25)26)27-22(2,3)4)19(14-9-5-7-11-16(14)23)15-10-6-8-12-17(15)24-13/h5-12,20H,1-4H3,(H,25,26). The lowest BCUT2D eigenvalue weighted by Gasteiger charge is -2.28. The molecule has 0 spiro atoms. The number of nitrogens with zero attached hydrogens (tertiary/aromatic N) is 1. The van der Waals surface area contributed by atoms with Gasteiger partial charge in [0.25, 0.3) is 0 Å². The Kier molecular flexibility index (Phi) is 4.98. The molecule has 1 heterocycles. The topological polar surface area (TPSA) is 59.4 Å². The van der Waals surface area contributed by atoms with Gasteiger partial charge in [-0.15, -0.1) is 0 Å². The van der Waals surface area contributed by atoms with Gasteiger partial charge in [0.2, 0.25) is 0 Å². The number of carboxylic acids is 1. The molecule has 0 bridgehead atoms. The normalized spacial score (nSPS) is 12.9. The first-order valence-electron chi connectivity index (χ1n) is 8.74. The predicted octanol–water partition coefficient (Wildman–Crippen LogP) is 5.29. The molecule has 1 aromatic heterocycles. The molecule has 0 saturated heterocycles. The van der Waals surface area contributed by atoms with E-state index in [-0.39, 0.29) is 0 Å². The van der Waals surface area contributed by atoms with Crippen LogP contribution in [0.15, 0.2) is 48.5 Å². The lowest BCUT2D eigenvalue weighted by Crippen LogP contribution is -2.28. The minimum Gasteiger partial charge on any atom is -0.479 e. The van der Waals surface area contributed by atoms with Crippen molar-refractivity contribution in [2.24, 2.45) is 0 Å². The van der Waals surface area contributed by atoms with Gasteiger partial charge in [-0.2, -0.15) is 0 Å². The number of benzene rings is 2. The Morgan fingerprint density at radius 2 is 1.74 bits per heavy atom. The van der Waals surface area contributed by atoms with Gasteiger partial charge in [-0.3, -0.25) is 4.98 Å². The van der Waals surface area contributed by atoms with Gasteiger partial charge in [0, 0.05) is 27.8 Å². The van der Waals surface area contributed by atoms with Crippen LogP contribution < -0.4 is 0 Å². The number of aryl methyl sites for hydroxylation is 1. The zero-order chi connectivity index (χ0) is 19.8. The lowest BCUT2D eigenvalue weighted by molar-refractivity contribution is -0.160. The van der Waals surface area contributed by atoms with Crippen LogP contribution >= 0.6 is 0 Å². The Morgan fingerprint density at radius 3 is 2.37 bits per heavy atom. The highest BCUT2D eigenvalue weighted by Crippen LogP contribution is 2.40. The molecule has 0 radical (unpaired) electrons. The summed E-state index contributed by atoms with van der Waals surface area (Å²) >= 11 is 0. The second kappa shape index (κ2) is 7.08. The maximum absolute atomic E-state index is 14.7. The molecular formula is C22H22FNO3. The van der Waals surface area contributed by atoms with Gasteiger partial charge in [0.1, 0.15) is 5.82 Å². The number of hydrogen-bond donors (Lipinski definition) is 1. The van der Waals surface area contributed by atoms with Crippen LogP contribution in [0.4, 0.5) is 4.39 Å². The summed E-state index contributed by atoms with van der Waals surface area (Å²) in [4.78, 5) is 16.6. The van der Waals surface area contributed by atoms with Gasteiger partial charge in [0.15, 0.2) is 6.10 Å². The largest absolute Gasteiger partial charge is 0.479 e. The second-order valence-corrected chi connectivity index (χ2v) is 7.43. The fourth-order valence-electron chi connectivity index (χ4n) is 3.21. The predicted molar refractivity (Wildman–Crippen MR) is 103 cm³/mol. The zero-order valence-corrected chi connectivity index (χ0v) is 15.8. The molecule has 3 aromatic rings. The van der Waals surface area contributed by atoms with E-state index in [9.17, 15) is 14.3 Å². The van der Waals surface area contributed by atoms with Crippen molar-refractivity contribution >= 4 is 16.9 Å². The molecule has 1 unspecified atom stereocenters. The summed E-state index contributed by atoms with van der Waals surface area (Å²) in [5.41, 5.74) is 1.70. The molecule has 4 nitrogen and oxygen atoms in total. The minimum absolute atomic E-state index is 0.331. The molecular weight excluding hydrogens is 345 g/mol. The summed E-state index contributed by atoms with van der Waals surface area (Å²) in [5, 5.41) is 10.6. The SMILES string of the molecule is Cc1nc2ccccc2c(-c2ccccc2F)c1C(OC(C)(C)C)C(=O)O. The Balaban J connectivity index is 2.41. The Labute approximate surface area is 157 Å². The highest BCUT2D eigenvalue weighted by molar-refractivity contribution is 5.98. The lowest BCUT2D eigenvalue weighted by atomic mass is 9.90. The van der Waals surface area contributed by atoms with Gasteiger partial charge in [0.05, 0.1) is 11.1 Å². The number of fused-ring (bicyclic) bond motifs is 1. The number of pyridine rings is 1. The summed E-state index contributed by atoms with van der Waals surface area (Å²) in [6, 6.07) is 13.7. The fraction of sp³-hybridized carbons (Fsp3) is 0.273. The van der Waals surface area contributed by atoms with E-state index < -0.39 is 23.5 Å². The molecule has 27 heavy (non-hydrogen) atoms. The number of carboxylic acid groups (broad SMARTS) is 1. The number of aromatic nitrogens is 1. The number of aliphatic carboxylic acids is 1. The average Bonchev–Trinajstić information content (AvgIpc) is 2.58. The molecule has 0 amide bonds. The first-order valence-corrected chi connectivity index (χ1v) is 8.74. The van der Waals surface area contributed by atoms with Crippen LogP contribution in [0.5, 0.6) is 0 Å². The third kappa shape index (κ3) is 3.83. The van der Waals surface area contributed by atoms with Crippen molar-refractivity contribution in [3.8, 4) is 11.1 Å². The maximum Gasteiger partial charge on any atom is 0.337 e. The molecule has 0 aliphatic heterocycles. The Hall–Kier alpha value is -2.79. The van der Waals surface area contributed by atoms with E-state index in [1.807, 2.05) is 24.3 Å². The number of rotatable bonds is 4. The number of hydrogen-bond acceptors (Lipinski definition) is 3. The van der Waals surface area contributed by atoms with E-state index in [2.05, 4.69) is 4.98 Å². The second-order valence-electron chi connectivity index (χ2n) is 7.43. The first kappa shape index (κ1) is 19.0. The van der Waals surface area contributed by atoms with Crippen LogP contribution in [0, 0.1) is 12.7 Å². The van der Waals surface area contributed by atoms with E-state index in [4.69, 9.17) is 4.74 Å². The van der Waals surface area contributed by atoms with Crippen molar-refractivity contribution in [3.63, 3.8) is 0 Å². The molecule has 1 N–H and O–H groups in total. The van der Waals surface area contributed by atoms with Crippen molar-refractivity contribution in [1.29, 1.82) is 0 Å². The first-order chi connectivity index (χ1) is 12.7. The summed E-state index contributed by atoms with van der Waals surface area (Å²) in [5.74, 6) is -1.56. The summed E-state index contributed by atoms with van der Waals surface area (Å²) in [6.45, 7) is 7.09. The van der Waals surface area contributed by atoms with Crippen LogP contribution in [0.3, 0.4) is 0 Å². The molecule has 0 fully saturated rings. The van der Waals surface area contributed by atoms with Crippen molar-refractivity contribution < 1.29 is 19.0 Å². The Bertz CT molecular complexity index is 1010.